The van der Waals surface area contributed by atoms with Gasteiger partial charge in [-0.2, -0.15) is 0 Å². The van der Waals surface area contributed by atoms with Crippen molar-refractivity contribution in [2.75, 3.05) is 13.6 Å². The average Bonchev–Trinajstić information content (AvgIpc) is 3.31. The van der Waals surface area contributed by atoms with Crippen molar-refractivity contribution in [3.8, 4) is 16.8 Å². The third-order valence-corrected chi connectivity index (χ3v) is 4.92. The second-order valence-electron chi connectivity index (χ2n) is 6.98. The SMILES string of the molecule is CCCCN(C)C(=O)c1cc(-c2cccc3cccnc23)cc(-n2cnnn2)c1. The van der Waals surface area contributed by atoms with Crippen molar-refractivity contribution < 1.29 is 4.79 Å². The minimum Gasteiger partial charge on any atom is -0.342 e. The van der Waals surface area contributed by atoms with E-state index in [0.717, 1.165) is 47.1 Å². The summed E-state index contributed by atoms with van der Waals surface area (Å²) in [5, 5.41) is 12.5. The molecule has 2 aromatic carbocycles. The highest BCUT2D eigenvalue weighted by Gasteiger charge is 2.16. The van der Waals surface area contributed by atoms with Crippen molar-refractivity contribution in [3.05, 3.63) is 66.6 Å². The first-order valence-electron chi connectivity index (χ1n) is 9.65. The van der Waals surface area contributed by atoms with Gasteiger partial charge in [0.15, 0.2) is 0 Å². The molecule has 4 rings (SSSR count). The predicted octanol–water partition coefficient (Wildman–Crippen LogP) is 3.75. The van der Waals surface area contributed by atoms with Gasteiger partial charge >= 0.3 is 0 Å². The molecule has 7 heteroatoms. The van der Waals surface area contributed by atoms with Gasteiger partial charge in [0.25, 0.3) is 5.91 Å². The van der Waals surface area contributed by atoms with E-state index >= 15 is 0 Å². The van der Waals surface area contributed by atoms with Gasteiger partial charge in [0, 0.05) is 36.3 Å². The molecule has 2 aromatic heterocycles. The molecule has 0 spiro atoms. The molecule has 0 atom stereocenters. The second kappa shape index (κ2) is 8.18. The number of tetrazole rings is 1. The Hall–Kier alpha value is -3.61. The van der Waals surface area contributed by atoms with Crippen LogP contribution < -0.4 is 0 Å². The molecule has 0 radical (unpaired) electrons. The van der Waals surface area contributed by atoms with Crippen LogP contribution in [0.2, 0.25) is 0 Å². The lowest BCUT2D eigenvalue weighted by molar-refractivity contribution is 0.0793. The molecule has 2 heterocycles. The predicted molar refractivity (Wildman–Crippen MR) is 112 cm³/mol. The molecule has 7 nitrogen and oxygen atoms in total. The molecular formula is C22H22N6O. The Morgan fingerprint density at radius 1 is 1.14 bits per heavy atom. The summed E-state index contributed by atoms with van der Waals surface area (Å²) in [6, 6.07) is 15.7. The molecule has 0 N–H and O–H groups in total. The summed E-state index contributed by atoms with van der Waals surface area (Å²) in [4.78, 5) is 19.4. The Labute approximate surface area is 169 Å². The maximum absolute atomic E-state index is 13.1. The van der Waals surface area contributed by atoms with Gasteiger partial charge in [0.2, 0.25) is 0 Å². The van der Waals surface area contributed by atoms with Gasteiger partial charge < -0.3 is 4.90 Å². The van der Waals surface area contributed by atoms with Gasteiger partial charge in [-0.25, -0.2) is 4.68 Å². The number of hydrogen-bond donors (Lipinski definition) is 0. The molecule has 146 valence electrons. The highest BCUT2D eigenvalue weighted by atomic mass is 16.2. The molecular weight excluding hydrogens is 364 g/mol. The van der Waals surface area contributed by atoms with Gasteiger partial charge in [-0.3, -0.25) is 9.78 Å². The van der Waals surface area contributed by atoms with E-state index < -0.39 is 0 Å². The number of para-hydroxylation sites is 1. The molecule has 0 saturated heterocycles. The van der Waals surface area contributed by atoms with E-state index in [2.05, 4.69) is 27.4 Å². The summed E-state index contributed by atoms with van der Waals surface area (Å²) in [6.45, 7) is 2.83. The van der Waals surface area contributed by atoms with Crippen LogP contribution in [0.4, 0.5) is 0 Å². The first-order valence-corrected chi connectivity index (χ1v) is 9.65. The number of rotatable bonds is 6. The minimum atomic E-state index is -0.0252. The van der Waals surface area contributed by atoms with Crippen molar-refractivity contribution in [1.82, 2.24) is 30.1 Å². The largest absolute Gasteiger partial charge is 0.342 e. The number of amides is 1. The van der Waals surface area contributed by atoms with Gasteiger partial charge in [-0.05, 0) is 46.7 Å². The summed E-state index contributed by atoms with van der Waals surface area (Å²) in [7, 11) is 1.83. The summed E-state index contributed by atoms with van der Waals surface area (Å²) < 4.78 is 1.56. The molecule has 0 aliphatic carbocycles. The molecule has 0 aliphatic rings. The van der Waals surface area contributed by atoms with Crippen LogP contribution in [0, 0.1) is 0 Å². The molecule has 0 saturated carbocycles. The fourth-order valence-electron chi connectivity index (χ4n) is 3.36. The van der Waals surface area contributed by atoms with Gasteiger partial charge in [-0.1, -0.05) is 37.6 Å². The number of pyridine rings is 1. The summed E-state index contributed by atoms with van der Waals surface area (Å²) >= 11 is 0. The quantitative estimate of drug-likeness (QED) is 0.504. The van der Waals surface area contributed by atoms with E-state index in [1.54, 1.807) is 15.8 Å². The van der Waals surface area contributed by atoms with Crippen LogP contribution in [-0.4, -0.2) is 49.6 Å². The summed E-state index contributed by atoms with van der Waals surface area (Å²) in [5.41, 5.74) is 4.08. The molecule has 1 amide bonds. The molecule has 29 heavy (non-hydrogen) atoms. The monoisotopic (exact) mass is 386 g/mol. The topological polar surface area (TPSA) is 76.8 Å². The van der Waals surface area contributed by atoms with Crippen molar-refractivity contribution in [2.45, 2.75) is 19.8 Å². The fraction of sp³-hybridized carbons (Fsp3) is 0.227. The normalized spacial score (nSPS) is 11.0. The van der Waals surface area contributed by atoms with Crippen molar-refractivity contribution in [1.29, 1.82) is 0 Å². The molecule has 0 bridgehead atoms. The van der Waals surface area contributed by atoms with E-state index in [1.807, 2.05) is 55.6 Å². The summed E-state index contributed by atoms with van der Waals surface area (Å²) in [6.07, 6.45) is 5.31. The van der Waals surface area contributed by atoms with Crippen LogP contribution in [0.25, 0.3) is 27.7 Å². The number of benzene rings is 2. The first kappa shape index (κ1) is 18.7. The maximum atomic E-state index is 13.1. The lowest BCUT2D eigenvalue weighted by atomic mass is 9.98. The van der Waals surface area contributed by atoms with E-state index in [4.69, 9.17) is 0 Å². The first-order chi connectivity index (χ1) is 14.2. The molecule has 0 fully saturated rings. The Morgan fingerprint density at radius 3 is 2.79 bits per heavy atom. The number of hydrogen-bond acceptors (Lipinski definition) is 5. The van der Waals surface area contributed by atoms with Crippen LogP contribution in [0.3, 0.4) is 0 Å². The van der Waals surface area contributed by atoms with Crippen LogP contribution >= 0.6 is 0 Å². The third kappa shape index (κ3) is 3.85. The Balaban J connectivity index is 1.85. The number of fused-ring (bicyclic) bond motifs is 1. The number of carbonyl (C=O) groups is 1. The third-order valence-electron chi connectivity index (χ3n) is 4.92. The van der Waals surface area contributed by atoms with E-state index in [1.165, 1.54) is 6.33 Å². The standard InChI is InChI=1S/C22H22N6O/c1-3-4-11-27(2)22(29)18-12-17(13-19(14-18)28-15-24-25-26-28)20-9-5-7-16-8-6-10-23-21(16)20/h5-10,12-15H,3-4,11H2,1-2H3. The van der Waals surface area contributed by atoms with Crippen LogP contribution in [0.5, 0.6) is 0 Å². The number of aromatic nitrogens is 5. The molecule has 0 unspecified atom stereocenters. The van der Waals surface area contributed by atoms with Gasteiger partial charge in [0.05, 0.1) is 11.2 Å². The van der Waals surface area contributed by atoms with Crippen molar-refractivity contribution in [3.63, 3.8) is 0 Å². The zero-order valence-corrected chi connectivity index (χ0v) is 16.5. The molecule has 0 aliphatic heterocycles. The number of unbranched alkanes of at least 4 members (excludes halogenated alkanes) is 1. The van der Waals surface area contributed by atoms with Crippen molar-refractivity contribution >= 4 is 16.8 Å². The maximum Gasteiger partial charge on any atom is 0.253 e. The Bertz CT molecular complexity index is 1130. The highest BCUT2D eigenvalue weighted by molar-refractivity contribution is 5.99. The summed E-state index contributed by atoms with van der Waals surface area (Å²) in [5.74, 6) is -0.0252. The number of carbonyl (C=O) groups excluding carboxylic acids is 1. The zero-order valence-electron chi connectivity index (χ0n) is 16.5. The van der Waals surface area contributed by atoms with E-state index in [9.17, 15) is 4.79 Å². The van der Waals surface area contributed by atoms with Gasteiger partial charge in [0.1, 0.15) is 6.33 Å². The van der Waals surface area contributed by atoms with E-state index in [-0.39, 0.29) is 5.91 Å². The minimum absolute atomic E-state index is 0.0252. The second-order valence-corrected chi connectivity index (χ2v) is 6.98. The van der Waals surface area contributed by atoms with Crippen LogP contribution in [-0.2, 0) is 0 Å². The fourth-order valence-corrected chi connectivity index (χ4v) is 3.36. The number of nitrogens with zero attached hydrogens (tertiary/aromatic N) is 6. The van der Waals surface area contributed by atoms with E-state index in [0.29, 0.717) is 5.56 Å². The average molecular weight is 386 g/mol. The lowest BCUT2D eigenvalue weighted by Gasteiger charge is -2.18. The molecule has 4 aromatic rings. The zero-order chi connectivity index (χ0) is 20.2. The smallest absolute Gasteiger partial charge is 0.253 e. The van der Waals surface area contributed by atoms with Crippen LogP contribution in [0.15, 0.2) is 61.1 Å². The van der Waals surface area contributed by atoms with Crippen molar-refractivity contribution in [2.24, 2.45) is 0 Å². The van der Waals surface area contributed by atoms with Gasteiger partial charge in [-0.15, -0.1) is 5.10 Å². The Kier molecular flexibility index (Phi) is 5.29. The Morgan fingerprint density at radius 2 is 2.00 bits per heavy atom. The van der Waals surface area contributed by atoms with Crippen LogP contribution in [0.1, 0.15) is 30.1 Å². The lowest BCUT2D eigenvalue weighted by Crippen LogP contribution is -2.27. The highest BCUT2D eigenvalue weighted by Crippen LogP contribution is 2.30.